The Hall–Kier alpha value is -1.15. The Bertz CT molecular complexity index is 525. The molecule has 106 valence electrons. The largest absolute Gasteiger partial charge is 0.398 e. The first-order valence-electron chi connectivity index (χ1n) is 6.23. The number of β-amino-alcohol motifs (C(OH)–C–C–N with tert-alkyl or cyclic N) is 1. The van der Waals surface area contributed by atoms with Crippen LogP contribution in [0.3, 0.4) is 0 Å². The molecular formula is C12H19N3O3S. The zero-order valence-corrected chi connectivity index (χ0v) is 11.5. The second-order valence-corrected chi connectivity index (χ2v) is 6.41. The zero-order valence-electron chi connectivity index (χ0n) is 10.7. The van der Waals surface area contributed by atoms with Crippen molar-refractivity contribution in [1.82, 2.24) is 9.21 Å². The highest BCUT2D eigenvalue weighted by molar-refractivity contribution is 7.89. The molecule has 2 rings (SSSR count). The summed E-state index contributed by atoms with van der Waals surface area (Å²) in [5, 5.41) is 8.87. The molecular weight excluding hydrogens is 266 g/mol. The van der Waals surface area contributed by atoms with Crippen molar-refractivity contribution in [3.63, 3.8) is 0 Å². The normalized spacial score (nSPS) is 18.6. The Balaban J connectivity index is 2.12. The Kier molecular flexibility index (Phi) is 4.41. The molecule has 0 aromatic heterocycles. The van der Waals surface area contributed by atoms with Gasteiger partial charge >= 0.3 is 0 Å². The topological polar surface area (TPSA) is 86.9 Å². The van der Waals surface area contributed by atoms with E-state index < -0.39 is 10.0 Å². The number of hydrogen-bond acceptors (Lipinski definition) is 5. The second-order valence-electron chi connectivity index (χ2n) is 4.51. The Labute approximate surface area is 113 Å². The number of aliphatic hydroxyl groups is 1. The van der Waals surface area contributed by atoms with Crippen molar-refractivity contribution in [2.24, 2.45) is 0 Å². The number of aliphatic hydroxyl groups excluding tert-OH is 1. The van der Waals surface area contributed by atoms with Crippen LogP contribution >= 0.6 is 0 Å². The fraction of sp³-hybridized carbons (Fsp3) is 0.500. The van der Waals surface area contributed by atoms with E-state index in [-0.39, 0.29) is 17.2 Å². The van der Waals surface area contributed by atoms with Gasteiger partial charge in [0.25, 0.3) is 0 Å². The fourth-order valence-electron chi connectivity index (χ4n) is 2.19. The van der Waals surface area contributed by atoms with Crippen LogP contribution in [0.1, 0.15) is 0 Å². The molecule has 1 aromatic carbocycles. The lowest BCUT2D eigenvalue weighted by molar-refractivity contribution is 0.151. The number of nitrogen functional groups attached to an aromatic ring is 1. The molecule has 1 aliphatic heterocycles. The average molecular weight is 285 g/mol. The number of sulfonamides is 1. The molecule has 1 aliphatic rings. The van der Waals surface area contributed by atoms with Gasteiger partial charge in [0, 0.05) is 32.7 Å². The summed E-state index contributed by atoms with van der Waals surface area (Å²) in [6.45, 7) is 2.80. The fourth-order valence-corrected chi connectivity index (χ4v) is 3.73. The summed E-state index contributed by atoms with van der Waals surface area (Å²) in [5.74, 6) is 0. The lowest BCUT2D eigenvalue weighted by Gasteiger charge is -2.33. The first-order chi connectivity index (χ1) is 9.05. The van der Waals surface area contributed by atoms with Crippen molar-refractivity contribution in [3.8, 4) is 0 Å². The third kappa shape index (κ3) is 3.06. The smallest absolute Gasteiger partial charge is 0.245 e. The Morgan fingerprint density at radius 2 is 1.79 bits per heavy atom. The van der Waals surface area contributed by atoms with Crippen LogP contribution in [-0.4, -0.2) is 62.1 Å². The molecule has 0 spiro atoms. The highest BCUT2D eigenvalue weighted by atomic mass is 32.2. The molecule has 1 heterocycles. The zero-order chi connectivity index (χ0) is 13.9. The summed E-state index contributed by atoms with van der Waals surface area (Å²) in [5.41, 5.74) is 6.02. The van der Waals surface area contributed by atoms with Crippen molar-refractivity contribution in [3.05, 3.63) is 24.3 Å². The first kappa shape index (κ1) is 14.3. The minimum Gasteiger partial charge on any atom is -0.398 e. The number of rotatable bonds is 4. The summed E-state index contributed by atoms with van der Waals surface area (Å²) >= 11 is 0. The van der Waals surface area contributed by atoms with Crippen LogP contribution in [0.4, 0.5) is 5.69 Å². The van der Waals surface area contributed by atoms with Crippen LogP contribution < -0.4 is 5.73 Å². The summed E-state index contributed by atoms with van der Waals surface area (Å²) in [6.07, 6.45) is 0. The number of hydrogen-bond donors (Lipinski definition) is 2. The molecule has 1 saturated heterocycles. The second kappa shape index (κ2) is 5.87. The molecule has 0 aliphatic carbocycles. The monoisotopic (exact) mass is 285 g/mol. The van der Waals surface area contributed by atoms with Gasteiger partial charge in [-0.15, -0.1) is 0 Å². The van der Waals surface area contributed by atoms with Crippen molar-refractivity contribution < 1.29 is 13.5 Å². The van der Waals surface area contributed by atoms with Crippen molar-refractivity contribution in [2.75, 3.05) is 45.1 Å². The Morgan fingerprint density at radius 3 is 2.37 bits per heavy atom. The molecule has 0 radical (unpaired) electrons. The van der Waals surface area contributed by atoms with Gasteiger partial charge in [0.1, 0.15) is 4.90 Å². The molecule has 0 atom stereocenters. The van der Waals surface area contributed by atoms with E-state index in [1.54, 1.807) is 18.2 Å². The standard InChI is InChI=1S/C12H19N3O3S/c13-11-3-1-2-4-12(11)19(17,18)15-7-5-14(6-8-15)9-10-16/h1-4,16H,5-10,13H2. The van der Waals surface area contributed by atoms with Gasteiger partial charge in [-0.25, -0.2) is 8.42 Å². The van der Waals surface area contributed by atoms with Crippen LogP contribution in [-0.2, 0) is 10.0 Å². The third-order valence-corrected chi connectivity index (χ3v) is 5.26. The summed E-state index contributed by atoms with van der Waals surface area (Å²) in [4.78, 5) is 2.21. The summed E-state index contributed by atoms with van der Waals surface area (Å²) < 4.78 is 26.4. The van der Waals surface area contributed by atoms with E-state index in [0.717, 1.165) is 0 Å². The van der Waals surface area contributed by atoms with E-state index in [1.165, 1.54) is 10.4 Å². The maximum atomic E-state index is 12.5. The lowest BCUT2D eigenvalue weighted by atomic mass is 10.3. The quantitative estimate of drug-likeness (QED) is 0.733. The van der Waals surface area contributed by atoms with E-state index in [0.29, 0.717) is 32.7 Å². The van der Waals surface area contributed by atoms with E-state index in [9.17, 15) is 8.42 Å². The highest BCUT2D eigenvalue weighted by Gasteiger charge is 2.29. The third-order valence-electron chi connectivity index (χ3n) is 3.28. The number of anilines is 1. The minimum absolute atomic E-state index is 0.0956. The molecule has 0 saturated carbocycles. The van der Waals surface area contributed by atoms with Gasteiger partial charge in [0.05, 0.1) is 12.3 Å². The van der Waals surface area contributed by atoms with E-state index in [2.05, 4.69) is 0 Å². The van der Waals surface area contributed by atoms with E-state index in [4.69, 9.17) is 10.8 Å². The molecule has 0 bridgehead atoms. The van der Waals surface area contributed by atoms with Gasteiger partial charge in [-0.05, 0) is 12.1 Å². The predicted molar refractivity (Wildman–Crippen MR) is 73.1 cm³/mol. The molecule has 6 nitrogen and oxygen atoms in total. The van der Waals surface area contributed by atoms with E-state index >= 15 is 0 Å². The van der Waals surface area contributed by atoms with E-state index in [1.807, 2.05) is 4.90 Å². The summed E-state index contributed by atoms with van der Waals surface area (Å²) in [7, 11) is -3.51. The number of piperazine rings is 1. The van der Waals surface area contributed by atoms with Crippen LogP contribution in [0.15, 0.2) is 29.2 Å². The summed E-state index contributed by atoms with van der Waals surface area (Å²) in [6, 6.07) is 6.51. The molecule has 1 fully saturated rings. The molecule has 0 amide bonds. The van der Waals surface area contributed by atoms with Crippen LogP contribution in [0.2, 0.25) is 0 Å². The number of para-hydroxylation sites is 1. The molecule has 1 aromatic rings. The first-order valence-corrected chi connectivity index (χ1v) is 7.67. The molecule has 0 unspecified atom stereocenters. The van der Waals surface area contributed by atoms with Crippen LogP contribution in [0.25, 0.3) is 0 Å². The van der Waals surface area contributed by atoms with Crippen LogP contribution in [0, 0.1) is 0 Å². The molecule has 7 heteroatoms. The van der Waals surface area contributed by atoms with Gasteiger partial charge < -0.3 is 10.8 Å². The van der Waals surface area contributed by atoms with Gasteiger partial charge in [-0.3, -0.25) is 4.90 Å². The van der Waals surface area contributed by atoms with Crippen molar-refractivity contribution in [1.29, 1.82) is 0 Å². The van der Waals surface area contributed by atoms with Gasteiger partial charge in [-0.2, -0.15) is 4.31 Å². The van der Waals surface area contributed by atoms with Crippen LogP contribution in [0.5, 0.6) is 0 Å². The van der Waals surface area contributed by atoms with Gasteiger partial charge in [-0.1, -0.05) is 12.1 Å². The van der Waals surface area contributed by atoms with Gasteiger partial charge in [0.15, 0.2) is 0 Å². The highest BCUT2D eigenvalue weighted by Crippen LogP contribution is 2.22. The molecule has 19 heavy (non-hydrogen) atoms. The lowest BCUT2D eigenvalue weighted by Crippen LogP contribution is -2.49. The van der Waals surface area contributed by atoms with Crippen molar-refractivity contribution in [2.45, 2.75) is 4.90 Å². The number of nitrogens with zero attached hydrogens (tertiary/aromatic N) is 2. The SMILES string of the molecule is Nc1ccccc1S(=O)(=O)N1CCN(CCO)CC1. The Morgan fingerprint density at radius 1 is 1.16 bits per heavy atom. The van der Waals surface area contributed by atoms with Crippen molar-refractivity contribution >= 4 is 15.7 Å². The van der Waals surface area contributed by atoms with Gasteiger partial charge in [0.2, 0.25) is 10.0 Å². The average Bonchev–Trinajstić information content (AvgIpc) is 2.40. The minimum atomic E-state index is -3.51. The number of benzene rings is 1. The maximum absolute atomic E-state index is 12.5. The predicted octanol–water partition coefficient (Wildman–Crippen LogP) is -0.433. The molecule has 3 N–H and O–H groups in total. The maximum Gasteiger partial charge on any atom is 0.245 e. The number of nitrogens with two attached hydrogens (primary N) is 1.